The van der Waals surface area contributed by atoms with Crippen molar-refractivity contribution >= 4 is 22.9 Å². The predicted octanol–water partition coefficient (Wildman–Crippen LogP) is 2.98. The van der Waals surface area contributed by atoms with Gasteiger partial charge < -0.3 is 30.6 Å². The lowest BCUT2D eigenvalue weighted by Gasteiger charge is -2.23. The first-order valence-corrected chi connectivity index (χ1v) is 10.4. The molecule has 2 aromatic rings. The van der Waals surface area contributed by atoms with Crippen molar-refractivity contribution in [1.29, 1.82) is 0 Å². The summed E-state index contributed by atoms with van der Waals surface area (Å²) in [4.78, 5) is 28.2. The first-order chi connectivity index (χ1) is 14.2. The maximum Gasteiger partial charge on any atom is 0.408 e. The largest absolute Gasteiger partial charge is 0.508 e. The minimum Gasteiger partial charge on any atom is -0.508 e. The summed E-state index contributed by atoms with van der Waals surface area (Å²) in [5, 5.41) is 25.0. The van der Waals surface area contributed by atoms with E-state index in [1.165, 1.54) is 0 Å². The molecule has 0 saturated carbocycles. The topological polar surface area (TPSA) is 124 Å². The fraction of sp³-hybridized carbons (Fsp3) is 0.545. The number of aliphatic hydroxyl groups is 1. The van der Waals surface area contributed by atoms with Crippen LogP contribution in [0.4, 0.5) is 4.79 Å². The molecule has 0 radical (unpaired) electrons. The highest BCUT2D eigenvalue weighted by Crippen LogP contribution is 2.24. The minimum absolute atomic E-state index is 0.132. The van der Waals surface area contributed by atoms with Crippen molar-refractivity contribution in [2.45, 2.75) is 64.5 Å². The lowest BCUT2D eigenvalue weighted by Crippen LogP contribution is -2.49. The number of aliphatic hydroxyl groups excluding tert-OH is 1. The van der Waals surface area contributed by atoms with Gasteiger partial charge in [0.05, 0.1) is 0 Å². The summed E-state index contributed by atoms with van der Waals surface area (Å²) in [7, 11) is 0. The predicted molar refractivity (Wildman–Crippen MR) is 115 cm³/mol. The van der Waals surface area contributed by atoms with Gasteiger partial charge in [-0.25, -0.2) is 4.79 Å². The molecule has 0 aliphatic heterocycles. The normalized spacial score (nSPS) is 12.5. The second kappa shape index (κ2) is 10.9. The van der Waals surface area contributed by atoms with Gasteiger partial charge in [-0.1, -0.05) is 12.8 Å². The number of rotatable bonds is 10. The molecule has 0 aliphatic rings. The number of carbonyl (C=O) groups excluding carboxylic acids is 2. The van der Waals surface area contributed by atoms with Gasteiger partial charge >= 0.3 is 6.09 Å². The third-order valence-corrected chi connectivity index (χ3v) is 4.57. The van der Waals surface area contributed by atoms with Gasteiger partial charge in [-0.15, -0.1) is 0 Å². The fourth-order valence-corrected chi connectivity index (χ4v) is 3.14. The second-order valence-electron chi connectivity index (χ2n) is 8.38. The summed E-state index contributed by atoms with van der Waals surface area (Å²) in [5.74, 6) is -0.162. The van der Waals surface area contributed by atoms with Crippen molar-refractivity contribution in [2.75, 3.05) is 13.2 Å². The van der Waals surface area contributed by atoms with E-state index in [0.29, 0.717) is 6.54 Å². The molecule has 0 fully saturated rings. The summed E-state index contributed by atoms with van der Waals surface area (Å²) in [6, 6.07) is 4.16. The van der Waals surface area contributed by atoms with Gasteiger partial charge in [-0.3, -0.25) is 4.79 Å². The van der Waals surface area contributed by atoms with Crippen LogP contribution in [0.3, 0.4) is 0 Å². The number of aromatic hydroxyl groups is 1. The smallest absolute Gasteiger partial charge is 0.408 e. The van der Waals surface area contributed by atoms with Crippen molar-refractivity contribution in [2.24, 2.45) is 0 Å². The quantitative estimate of drug-likeness (QED) is 0.379. The van der Waals surface area contributed by atoms with Crippen LogP contribution in [0.5, 0.6) is 5.75 Å². The van der Waals surface area contributed by atoms with E-state index < -0.39 is 17.7 Å². The van der Waals surface area contributed by atoms with E-state index in [2.05, 4.69) is 15.6 Å². The van der Waals surface area contributed by atoms with Gasteiger partial charge in [0, 0.05) is 36.7 Å². The van der Waals surface area contributed by atoms with Gasteiger partial charge in [0.25, 0.3) is 0 Å². The number of alkyl carbamates (subject to hydrolysis) is 1. The average Bonchev–Trinajstić information content (AvgIpc) is 3.04. The maximum atomic E-state index is 12.8. The number of aromatic amines is 1. The number of phenols is 1. The Balaban J connectivity index is 2.07. The van der Waals surface area contributed by atoms with E-state index in [1.807, 2.05) is 0 Å². The molecule has 1 aromatic heterocycles. The molecular weight excluding hydrogens is 386 g/mol. The van der Waals surface area contributed by atoms with E-state index in [1.54, 1.807) is 45.2 Å². The Morgan fingerprint density at radius 2 is 1.90 bits per heavy atom. The highest BCUT2D eigenvalue weighted by atomic mass is 16.6. The van der Waals surface area contributed by atoms with Crippen LogP contribution in [0, 0.1) is 0 Å². The number of nitrogens with one attached hydrogen (secondary N) is 3. The number of hydrogen-bond donors (Lipinski definition) is 5. The zero-order valence-corrected chi connectivity index (χ0v) is 18.0. The Hall–Kier alpha value is -2.74. The van der Waals surface area contributed by atoms with Crippen molar-refractivity contribution < 1.29 is 24.5 Å². The summed E-state index contributed by atoms with van der Waals surface area (Å²) >= 11 is 0. The molecule has 5 N–H and O–H groups in total. The highest BCUT2D eigenvalue weighted by molar-refractivity contribution is 5.88. The first kappa shape index (κ1) is 23.5. The van der Waals surface area contributed by atoms with Gasteiger partial charge in [0.1, 0.15) is 17.4 Å². The second-order valence-corrected chi connectivity index (χ2v) is 8.38. The molecule has 30 heavy (non-hydrogen) atoms. The van der Waals surface area contributed by atoms with Gasteiger partial charge in [-0.2, -0.15) is 0 Å². The molecule has 0 aliphatic carbocycles. The van der Waals surface area contributed by atoms with Gasteiger partial charge in [0.2, 0.25) is 5.91 Å². The molecule has 0 spiro atoms. The van der Waals surface area contributed by atoms with Crippen molar-refractivity contribution in [3.8, 4) is 5.75 Å². The third kappa shape index (κ3) is 7.59. The number of benzene rings is 1. The number of unbranched alkanes of at least 4 members (excludes halogenated alkanes) is 3. The molecule has 8 nitrogen and oxygen atoms in total. The van der Waals surface area contributed by atoms with Crippen LogP contribution in [-0.2, 0) is 16.0 Å². The Bertz CT molecular complexity index is 841. The molecular formula is C22H33N3O5. The molecule has 0 unspecified atom stereocenters. The van der Waals surface area contributed by atoms with E-state index >= 15 is 0 Å². The zero-order chi connectivity index (χ0) is 22.1. The summed E-state index contributed by atoms with van der Waals surface area (Å²) in [6.07, 6.45) is 4.73. The molecule has 2 amide bonds. The number of phenolic OH excluding ortho intramolecular Hbond substituents is 1. The van der Waals surface area contributed by atoms with Crippen LogP contribution in [0.1, 0.15) is 52.0 Å². The molecule has 166 valence electrons. The van der Waals surface area contributed by atoms with Crippen LogP contribution < -0.4 is 10.6 Å². The van der Waals surface area contributed by atoms with Crippen LogP contribution in [0.15, 0.2) is 24.4 Å². The minimum atomic E-state index is -0.821. The average molecular weight is 420 g/mol. The fourth-order valence-electron chi connectivity index (χ4n) is 3.14. The van der Waals surface area contributed by atoms with Gasteiger partial charge in [0.15, 0.2) is 0 Å². The Morgan fingerprint density at radius 1 is 1.17 bits per heavy atom. The van der Waals surface area contributed by atoms with Crippen molar-refractivity contribution in [3.63, 3.8) is 0 Å². The monoisotopic (exact) mass is 419 g/mol. The zero-order valence-electron chi connectivity index (χ0n) is 18.0. The summed E-state index contributed by atoms with van der Waals surface area (Å²) in [5.41, 5.74) is 0.966. The lowest BCUT2D eigenvalue weighted by atomic mass is 10.0. The van der Waals surface area contributed by atoms with Crippen LogP contribution in [-0.4, -0.2) is 52.0 Å². The maximum absolute atomic E-state index is 12.8. The first-order valence-electron chi connectivity index (χ1n) is 10.4. The Kier molecular flexibility index (Phi) is 8.53. The molecule has 0 bridgehead atoms. The van der Waals surface area contributed by atoms with Crippen molar-refractivity contribution in [3.05, 3.63) is 30.0 Å². The number of fused-ring (bicyclic) bond motifs is 1. The van der Waals surface area contributed by atoms with E-state index in [9.17, 15) is 14.7 Å². The van der Waals surface area contributed by atoms with Gasteiger partial charge in [-0.05, 0) is 57.4 Å². The summed E-state index contributed by atoms with van der Waals surface area (Å²) in [6.45, 7) is 5.95. The molecule has 2 rings (SSSR count). The van der Waals surface area contributed by atoms with E-state index in [0.717, 1.165) is 42.1 Å². The molecule has 1 atom stereocenters. The van der Waals surface area contributed by atoms with E-state index in [4.69, 9.17) is 9.84 Å². The lowest BCUT2D eigenvalue weighted by molar-refractivity contribution is -0.123. The van der Waals surface area contributed by atoms with Crippen LogP contribution in [0.2, 0.25) is 0 Å². The number of hydrogen-bond acceptors (Lipinski definition) is 5. The number of amides is 2. The number of carbonyl (C=O) groups is 2. The Labute approximate surface area is 177 Å². The standard InChI is InChI=1S/C22H33N3O5/c1-22(2,3)30-21(29)25-19(20(28)23-10-6-4-5-7-11-26)12-15-14-24-18-9-8-16(27)13-17(15)18/h8-9,13-14,19,24,26-27H,4-7,10-12H2,1-3H3,(H,23,28)(H,25,29)/t19-/m0/s1. The molecule has 8 heteroatoms. The van der Waals surface area contributed by atoms with Crippen LogP contribution >= 0.6 is 0 Å². The molecule has 1 aromatic carbocycles. The van der Waals surface area contributed by atoms with E-state index in [-0.39, 0.29) is 24.7 Å². The molecule has 1 heterocycles. The third-order valence-electron chi connectivity index (χ3n) is 4.57. The summed E-state index contributed by atoms with van der Waals surface area (Å²) < 4.78 is 5.31. The SMILES string of the molecule is CC(C)(C)OC(=O)N[C@@H](Cc1c[nH]c2ccc(O)cc12)C(=O)NCCCCCCO. The Morgan fingerprint density at radius 3 is 2.60 bits per heavy atom. The number of H-pyrrole nitrogens is 1. The molecule has 0 saturated heterocycles. The highest BCUT2D eigenvalue weighted by Gasteiger charge is 2.25. The van der Waals surface area contributed by atoms with Crippen molar-refractivity contribution in [1.82, 2.24) is 15.6 Å². The number of aromatic nitrogens is 1. The van der Waals surface area contributed by atoms with Crippen LogP contribution in [0.25, 0.3) is 10.9 Å². The number of ether oxygens (including phenoxy) is 1.